The van der Waals surface area contributed by atoms with Crippen LogP contribution in [0.5, 0.6) is 0 Å². The largest absolute Gasteiger partial charge is 0.352 e. The van der Waals surface area contributed by atoms with E-state index in [2.05, 4.69) is 10.3 Å². The molecule has 0 atom stereocenters. The average molecular weight is 258 g/mol. The number of amides is 1. The molecule has 0 radical (unpaired) electrons. The van der Waals surface area contributed by atoms with Crippen LogP contribution in [0.4, 0.5) is 0 Å². The minimum atomic E-state index is -0.329. The number of nitrogens with one attached hydrogen (secondary N) is 1. The Hall–Kier alpha value is -1.36. The molecular formula is C11H16ClN3O2. The number of hydrogen-bond donors (Lipinski definition) is 1. The second-order valence-electron chi connectivity index (χ2n) is 3.76. The number of carbonyl (C=O) groups is 1. The summed E-state index contributed by atoms with van der Waals surface area (Å²) in [5.74, 6) is -0.190. The van der Waals surface area contributed by atoms with Gasteiger partial charge < -0.3 is 5.32 Å². The Balaban J connectivity index is 2.65. The summed E-state index contributed by atoms with van der Waals surface area (Å²) in [4.78, 5) is 26.9. The van der Waals surface area contributed by atoms with Crippen molar-refractivity contribution in [1.82, 2.24) is 14.9 Å². The third kappa shape index (κ3) is 4.19. The standard InChI is InChI=1S/C11H16ClN3O2/c1-3-8(4-2)14-10(16)6-15-7-13-9(12)5-11(15)17/h5,7-8H,3-4,6H2,1-2H3,(H,14,16). The summed E-state index contributed by atoms with van der Waals surface area (Å²) >= 11 is 5.56. The van der Waals surface area contributed by atoms with E-state index in [0.29, 0.717) is 0 Å². The molecule has 5 nitrogen and oxygen atoms in total. The van der Waals surface area contributed by atoms with Crippen LogP contribution in [0.15, 0.2) is 17.2 Å². The molecule has 94 valence electrons. The van der Waals surface area contributed by atoms with E-state index < -0.39 is 0 Å². The summed E-state index contributed by atoms with van der Waals surface area (Å²) in [5, 5.41) is 2.98. The zero-order valence-corrected chi connectivity index (χ0v) is 10.7. The SMILES string of the molecule is CCC(CC)NC(=O)Cn1cnc(Cl)cc1=O. The van der Waals surface area contributed by atoms with E-state index in [0.717, 1.165) is 12.8 Å². The first kappa shape index (κ1) is 13.7. The molecule has 0 fully saturated rings. The molecule has 6 heteroatoms. The lowest BCUT2D eigenvalue weighted by atomic mass is 10.2. The lowest BCUT2D eigenvalue weighted by Gasteiger charge is -2.14. The monoisotopic (exact) mass is 257 g/mol. The third-order valence-electron chi connectivity index (χ3n) is 2.51. The van der Waals surface area contributed by atoms with Crippen LogP contribution in [-0.4, -0.2) is 21.5 Å². The molecular weight excluding hydrogens is 242 g/mol. The van der Waals surface area contributed by atoms with E-state index in [-0.39, 0.29) is 29.2 Å². The average Bonchev–Trinajstić information content (AvgIpc) is 2.29. The van der Waals surface area contributed by atoms with Crippen molar-refractivity contribution in [2.75, 3.05) is 0 Å². The fraction of sp³-hybridized carbons (Fsp3) is 0.545. The fourth-order valence-corrected chi connectivity index (χ4v) is 1.58. The van der Waals surface area contributed by atoms with Gasteiger partial charge in [-0.25, -0.2) is 4.98 Å². The van der Waals surface area contributed by atoms with Crippen molar-refractivity contribution in [2.24, 2.45) is 0 Å². The summed E-state index contributed by atoms with van der Waals surface area (Å²) in [6.45, 7) is 3.98. The Bertz CT molecular complexity index is 441. The molecule has 0 bridgehead atoms. The lowest BCUT2D eigenvalue weighted by molar-refractivity contribution is -0.122. The highest BCUT2D eigenvalue weighted by Gasteiger charge is 2.09. The van der Waals surface area contributed by atoms with Gasteiger partial charge in [-0.05, 0) is 12.8 Å². The van der Waals surface area contributed by atoms with Crippen LogP contribution in [0.3, 0.4) is 0 Å². The summed E-state index contributed by atoms with van der Waals surface area (Å²) in [7, 11) is 0. The normalized spacial score (nSPS) is 10.6. The van der Waals surface area contributed by atoms with Gasteiger partial charge in [0.15, 0.2) is 0 Å². The Morgan fingerprint density at radius 2 is 2.18 bits per heavy atom. The predicted molar refractivity (Wildman–Crippen MR) is 66.0 cm³/mol. The highest BCUT2D eigenvalue weighted by atomic mass is 35.5. The van der Waals surface area contributed by atoms with Crippen molar-refractivity contribution in [1.29, 1.82) is 0 Å². The Labute approximate surface area is 105 Å². The van der Waals surface area contributed by atoms with Gasteiger partial charge in [0.2, 0.25) is 5.91 Å². The van der Waals surface area contributed by atoms with Crippen molar-refractivity contribution in [3.63, 3.8) is 0 Å². The Morgan fingerprint density at radius 3 is 2.71 bits per heavy atom. The predicted octanol–water partition coefficient (Wildman–Crippen LogP) is 1.20. The van der Waals surface area contributed by atoms with Gasteiger partial charge in [0.25, 0.3) is 5.56 Å². The topological polar surface area (TPSA) is 64.0 Å². The second-order valence-corrected chi connectivity index (χ2v) is 4.15. The Kier molecular flexibility index (Phi) is 5.15. The quantitative estimate of drug-likeness (QED) is 0.807. The van der Waals surface area contributed by atoms with Gasteiger partial charge in [0, 0.05) is 12.1 Å². The Morgan fingerprint density at radius 1 is 1.53 bits per heavy atom. The molecule has 1 N–H and O–H groups in total. The van der Waals surface area contributed by atoms with Crippen LogP contribution >= 0.6 is 11.6 Å². The van der Waals surface area contributed by atoms with Crippen molar-refractivity contribution in [3.8, 4) is 0 Å². The minimum Gasteiger partial charge on any atom is -0.352 e. The molecule has 1 aromatic rings. The first-order valence-electron chi connectivity index (χ1n) is 5.58. The molecule has 0 spiro atoms. The molecule has 0 aliphatic carbocycles. The third-order valence-corrected chi connectivity index (χ3v) is 2.72. The number of rotatable bonds is 5. The first-order valence-corrected chi connectivity index (χ1v) is 5.96. The van der Waals surface area contributed by atoms with E-state index in [4.69, 9.17) is 11.6 Å². The molecule has 1 rings (SSSR count). The van der Waals surface area contributed by atoms with Crippen LogP contribution in [0.2, 0.25) is 5.15 Å². The van der Waals surface area contributed by atoms with Gasteiger partial charge in [-0.2, -0.15) is 0 Å². The van der Waals surface area contributed by atoms with Crippen molar-refractivity contribution in [3.05, 3.63) is 27.9 Å². The van der Waals surface area contributed by atoms with E-state index >= 15 is 0 Å². The van der Waals surface area contributed by atoms with E-state index in [1.807, 2.05) is 13.8 Å². The molecule has 0 unspecified atom stereocenters. The smallest absolute Gasteiger partial charge is 0.255 e. The van der Waals surface area contributed by atoms with Crippen LogP contribution in [0, 0.1) is 0 Å². The number of hydrogen-bond acceptors (Lipinski definition) is 3. The zero-order chi connectivity index (χ0) is 12.8. The molecule has 1 aromatic heterocycles. The van der Waals surface area contributed by atoms with Crippen molar-refractivity contribution >= 4 is 17.5 Å². The minimum absolute atomic E-state index is 0.0283. The van der Waals surface area contributed by atoms with Gasteiger partial charge in [0.05, 0.1) is 6.33 Å². The molecule has 0 aromatic carbocycles. The molecule has 0 saturated heterocycles. The molecule has 17 heavy (non-hydrogen) atoms. The van der Waals surface area contributed by atoms with Crippen LogP contribution < -0.4 is 10.9 Å². The summed E-state index contributed by atoms with van der Waals surface area (Å²) in [6, 6.07) is 1.34. The van der Waals surface area contributed by atoms with Gasteiger partial charge >= 0.3 is 0 Å². The fourth-order valence-electron chi connectivity index (χ4n) is 1.44. The van der Waals surface area contributed by atoms with Gasteiger partial charge in [-0.3, -0.25) is 14.2 Å². The maximum Gasteiger partial charge on any atom is 0.255 e. The maximum atomic E-state index is 11.6. The van der Waals surface area contributed by atoms with Crippen molar-refractivity contribution in [2.45, 2.75) is 39.3 Å². The van der Waals surface area contributed by atoms with Crippen LogP contribution in [0.1, 0.15) is 26.7 Å². The molecule has 0 aliphatic heterocycles. The van der Waals surface area contributed by atoms with Gasteiger partial charge in [0.1, 0.15) is 11.7 Å². The summed E-state index contributed by atoms with van der Waals surface area (Å²) in [6.07, 6.45) is 3.02. The molecule has 0 saturated carbocycles. The van der Waals surface area contributed by atoms with Gasteiger partial charge in [-0.15, -0.1) is 0 Å². The van der Waals surface area contributed by atoms with Crippen molar-refractivity contribution < 1.29 is 4.79 Å². The van der Waals surface area contributed by atoms with Gasteiger partial charge in [-0.1, -0.05) is 25.4 Å². The number of carbonyl (C=O) groups excluding carboxylic acids is 1. The van der Waals surface area contributed by atoms with Crippen LogP contribution in [0.25, 0.3) is 0 Å². The second kappa shape index (κ2) is 6.39. The summed E-state index contributed by atoms with van der Waals surface area (Å²) < 4.78 is 1.23. The number of nitrogens with zero attached hydrogens (tertiary/aromatic N) is 2. The molecule has 1 amide bonds. The maximum absolute atomic E-state index is 11.6. The van der Waals surface area contributed by atoms with E-state index in [1.165, 1.54) is 17.0 Å². The van der Waals surface area contributed by atoms with E-state index in [1.54, 1.807) is 0 Å². The van der Waals surface area contributed by atoms with E-state index in [9.17, 15) is 9.59 Å². The molecule has 1 heterocycles. The summed E-state index contributed by atoms with van der Waals surface area (Å²) in [5.41, 5.74) is -0.329. The first-order chi connectivity index (χ1) is 8.06. The lowest BCUT2D eigenvalue weighted by Crippen LogP contribution is -2.38. The zero-order valence-electron chi connectivity index (χ0n) is 9.94. The number of halogens is 1. The molecule has 0 aliphatic rings. The van der Waals surface area contributed by atoms with Crippen LogP contribution in [-0.2, 0) is 11.3 Å². The highest BCUT2D eigenvalue weighted by Crippen LogP contribution is 1.98. The highest BCUT2D eigenvalue weighted by molar-refractivity contribution is 6.29. The number of aromatic nitrogens is 2.